The molecule has 0 aliphatic carbocycles. The third kappa shape index (κ3) is 5.82. The van der Waals surface area contributed by atoms with Gasteiger partial charge in [0.2, 0.25) is 5.95 Å². The van der Waals surface area contributed by atoms with Crippen molar-refractivity contribution < 1.29 is 9.47 Å². The molecule has 0 atom stereocenters. The summed E-state index contributed by atoms with van der Waals surface area (Å²) in [6, 6.07) is 12.8. The highest BCUT2D eigenvalue weighted by molar-refractivity contribution is 7.99. The van der Waals surface area contributed by atoms with Crippen molar-refractivity contribution in [3.8, 4) is 11.5 Å². The summed E-state index contributed by atoms with van der Waals surface area (Å²) in [4.78, 5) is 16.3. The molecule has 1 aromatic heterocycles. The maximum Gasteiger partial charge on any atom is 0.227 e. The fourth-order valence-electron chi connectivity index (χ4n) is 5.70. The van der Waals surface area contributed by atoms with Gasteiger partial charge in [0.1, 0.15) is 17.3 Å². The molecule has 40 heavy (non-hydrogen) atoms. The maximum absolute atomic E-state index is 5.97. The minimum absolute atomic E-state index is 0.0910. The molecule has 2 aliphatic heterocycles. The number of thioether (sulfide) groups is 1. The van der Waals surface area contributed by atoms with Crippen molar-refractivity contribution in [2.75, 3.05) is 54.2 Å². The second-order valence-electron chi connectivity index (χ2n) is 11.6. The molecule has 2 aliphatic rings. The van der Waals surface area contributed by atoms with E-state index in [-0.39, 0.29) is 5.54 Å². The molecule has 3 heterocycles. The van der Waals surface area contributed by atoms with Gasteiger partial charge in [-0.1, -0.05) is 13.8 Å². The van der Waals surface area contributed by atoms with Crippen molar-refractivity contribution in [3.05, 3.63) is 53.2 Å². The number of piperazine rings is 1. The van der Waals surface area contributed by atoms with E-state index in [0.717, 1.165) is 78.4 Å². The fraction of sp³-hybridized carbons (Fsp3) is 0.500. The Kier molecular flexibility index (Phi) is 8.36. The first-order chi connectivity index (χ1) is 19.2. The Balaban J connectivity index is 1.45. The molecule has 0 unspecified atom stereocenters. The number of benzene rings is 2. The van der Waals surface area contributed by atoms with E-state index in [4.69, 9.17) is 19.4 Å². The van der Waals surface area contributed by atoms with E-state index < -0.39 is 0 Å². The molecule has 3 aromatic rings. The van der Waals surface area contributed by atoms with Gasteiger partial charge in [0.05, 0.1) is 29.8 Å². The van der Waals surface area contributed by atoms with Crippen LogP contribution in [0.25, 0.3) is 0 Å². The van der Waals surface area contributed by atoms with Crippen LogP contribution in [0.5, 0.6) is 11.5 Å². The van der Waals surface area contributed by atoms with Gasteiger partial charge in [-0.25, -0.2) is 4.98 Å². The Morgan fingerprint density at radius 2 is 1.88 bits per heavy atom. The molecule has 1 N–H and O–H groups in total. The third-order valence-corrected chi connectivity index (χ3v) is 9.04. The van der Waals surface area contributed by atoms with Crippen LogP contribution in [-0.2, 0) is 6.42 Å². The van der Waals surface area contributed by atoms with Gasteiger partial charge in [-0.2, -0.15) is 4.98 Å². The topological polar surface area (TPSA) is 62.8 Å². The van der Waals surface area contributed by atoms with Crippen molar-refractivity contribution in [2.24, 2.45) is 0 Å². The molecular weight excluding hydrogens is 518 g/mol. The highest BCUT2D eigenvalue weighted by Gasteiger charge is 2.35. The lowest BCUT2D eigenvalue weighted by molar-refractivity contribution is 0.335. The minimum atomic E-state index is -0.0910. The van der Waals surface area contributed by atoms with Gasteiger partial charge in [0, 0.05) is 31.0 Å². The van der Waals surface area contributed by atoms with E-state index in [1.807, 2.05) is 30.8 Å². The molecule has 2 aromatic carbocycles. The highest BCUT2D eigenvalue weighted by atomic mass is 32.2. The van der Waals surface area contributed by atoms with Crippen molar-refractivity contribution >= 4 is 34.9 Å². The minimum Gasteiger partial charge on any atom is -0.497 e. The predicted octanol–water partition coefficient (Wildman–Crippen LogP) is 7.20. The average Bonchev–Trinajstić information content (AvgIpc) is 2.94. The Morgan fingerprint density at radius 1 is 1.10 bits per heavy atom. The fourth-order valence-corrected chi connectivity index (χ4v) is 6.74. The quantitative estimate of drug-likeness (QED) is 0.310. The van der Waals surface area contributed by atoms with E-state index in [1.54, 1.807) is 7.11 Å². The summed E-state index contributed by atoms with van der Waals surface area (Å²) in [6.07, 6.45) is 2.13. The molecule has 5 rings (SSSR count). The van der Waals surface area contributed by atoms with Gasteiger partial charge in [0.25, 0.3) is 0 Å². The molecule has 1 fully saturated rings. The molecule has 0 bridgehead atoms. The Bertz CT molecular complexity index is 1340. The number of aromatic nitrogens is 2. The number of nitrogens with zero attached hydrogens (tertiary/aromatic N) is 4. The standard InChI is InChI=1S/C32H43N5O2S/c1-8-39-28-18-22(4)27(19-25(28)21(2)3)33-30-29-26(10-9-17-40-29)34-31(35-30)36-15-16-37(32(5,6)20-36)23-11-13-24(38-7)14-12-23/h11-14,18-19,21H,8-10,15-17,20H2,1-7H3,(H,33,34,35). The summed E-state index contributed by atoms with van der Waals surface area (Å²) in [6.45, 7) is 16.5. The van der Waals surface area contributed by atoms with Crippen LogP contribution in [0, 0.1) is 6.92 Å². The largest absolute Gasteiger partial charge is 0.497 e. The monoisotopic (exact) mass is 561 g/mol. The average molecular weight is 562 g/mol. The summed E-state index contributed by atoms with van der Waals surface area (Å²) < 4.78 is 11.3. The van der Waals surface area contributed by atoms with Crippen molar-refractivity contribution in [3.63, 3.8) is 0 Å². The number of methoxy groups -OCH3 is 1. The van der Waals surface area contributed by atoms with Gasteiger partial charge in [-0.3, -0.25) is 0 Å². The first-order valence-corrected chi connectivity index (χ1v) is 15.4. The van der Waals surface area contributed by atoms with E-state index in [0.29, 0.717) is 12.5 Å². The molecule has 8 heteroatoms. The zero-order chi connectivity index (χ0) is 28.4. The van der Waals surface area contributed by atoms with Gasteiger partial charge in [0.15, 0.2) is 0 Å². The zero-order valence-electron chi connectivity index (χ0n) is 25.0. The second kappa shape index (κ2) is 11.8. The van der Waals surface area contributed by atoms with E-state index in [2.05, 4.69) is 74.0 Å². The molecule has 0 radical (unpaired) electrons. The van der Waals surface area contributed by atoms with Gasteiger partial charge < -0.3 is 24.6 Å². The molecule has 0 spiro atoms. The van der Waals surface area contributed by atoms with E-state index in [9.17, 15) is 0 Å². The Hall–Kier alpha value is -3.13. The number of fused-ring (bicyclic) bond motifs is 1. The number of nitrogens with one attached hydrogen (secondary N) is 1. The number of anilines is 4. The van der Waals surface area contributed by atoms with Crippen LogP contribution in [0.3, 0.4) is 0 Å². The van der Waals surface area contributed by atoms with Gasteiger partial charge >= 0.3 is 0 Å². The maximum atomic E-state index is 5.97. The summed E-state index contributed by atoms with van der Waals surface area (Å²) >= 11 is 1.87. The summed E-state index contributed by atoms with van der Waals surface area (Å²) in [5.41, 5.74) is 5.72. The first-order valence-electron chi connectivity index (χ1n) is 14.4. The van der Waals surface area contributed by atoms with Crippen LogP contribution < -0.4 is 24.6 Å². The third-order valence-electron chi connectivity index (χ3n) is 7.83. The van der Waals surface area contributed by atoms with Crippen molar-refractivity contribution in [1.82, 2.24) is 9.97 Å². The smallest absolute Gasteiger partial charge is 0.227 e. The second-order valence-corrected chi connectivity index (χ2v) is 12.7. The number of rotatable bonds is 8. The van der Waals surface area contributed by atoms with Crippen LogP contribution in [0.1, 0.15) is 63.8 Å². The van der Waals surface area contributed by atoms with Crippen molar-refractivity contribution in [2.45, 2.75) is 70.7 Å². The zero-order valence-corrected chi connectivity index (χ0v) is 25.8. The molecule has 214 valence electrons. The normalized spacial score (nSPS) is 16.6. The van der Waals surface area contributed by atoms with Crippen LogP contribution in [0.15, 0.2) is 41.3 Å². The lowest BCUT2D eigenvalue weighted by Gasteiger charge is -2.48. The lowest BCUT2D eigenvalue weighted by Crippen LogP contribution is -2.60. The molecule has 0 saturated carbocycles. The first kappa shape index (κ1) is 28.4. The molecular formula is C32H43N5O2S. The number of aryl methyl sites for hydroxylation is 2. The van der Waals surface area contributed by atoms with Crippen LogP contribution in [0.4, 0.5) is 23.1 Å². The number of hydrogen-bond acceptors (Lipinski definition) is 8. The van der Waals surface area contributed by atoms with Gasteiger partial charge in [-0.15, -0.1) is 11.8 Å². The van der Waals surface area contributed by atoms with Crippen LogP contribution >= 0.6 is 11.8 Å². The summed E-state index contributed by atoms with van der Waals surface area (Å²) in [5.74, 6) is 5.04. The Labute approximate surface area is 243 Å². The van der Waals surface area contributed by atoms with Gasteiger partial charge in [-0.05, 0) is 99.7 Å². The molecule has 1 saturated heterocycles. The van der Waals surface area contributed by atoms with Crippen molar-refractivity contribution in [1.29, 1.82) is 0 Å². The van der Waals surface area contributed by atoms with E-state index >= 15 is 0 Å². The number of ether oxygens (including phenoxy) is 2. The molecule has 0 amide bonds. The molecule has 7 nitrogen and oxygen atoms in total. The summed E-state index contributed by atoms with van der Waals surface area (Å²) in [5, 5.41) is 3.73. The van der Waals surface area contributed by atoms with Crippen LogP contribution in [-0.4, -0.2) is 54.6 Å². The number of hydrogen-bond donors (Lipinski definition) is 1. The SMILES string of the molecule is CCOc1cc(C)c(Nc2nc(N3CCN(c4ccc(OC)cc4)C(C)(C)C3)nc3c2SCCC3)cc1C(C)C. The summed E-state index contributed by atoms with van der Waals surface area (Å²) in [7, 11) is 1.71. The highest BCUT2D eigenvalue weighted by Crippen LogP contribution is 2.40. The Morgan fingerprint density at radius 3 is 2.55 bits per heavy atom. The lowest BCUT2D eigenvalue weighted by atomic mass is 9.97. The van der Waals surface area contributed by atoms with E-state index in [1.165, 1.54) is 16.1 Å². The van der Waals surface area contributed by atoms with Crippen LogP contribution in [0.2, 0.25) is 0 Å². The predicted molar refractivity (Wildman–Crippen MR) is 167 cm³/mol.